The number of carboxylic acids is 1. The predicted octanol–water partition coefficient (Wildman–Crippen LogP) is 5.45. The molecule has 0 spiro atoms. The summed E-state index contributed by atoms with van der Waals surface area (Å²) in [5.41, 5.74) is 2.73. The lowest BCUT2D eigenvalue weighted by molar-refractivity contribution is -0.138. The molecule has 0 aromatic heterocycles. The van der Waals surface area contributed by atoms with E-state index in [1.807, 2.05) is 30.3 Å². The SMILES string of the molecule is O=C(O)[C@@H]1C[C@H]1CCc1ccc([C@H]2CCC[C@@H](Oc3ccccc3)C2)cc1. The molecule has 0 radical (unpaired) electrons. The lowest BCUT2D eigenvalue weighted by Gasteiger charge is -2.30. The van der Waals surface area contributed by atoms with Crippen molar-refractivity contribution in [1.82, 2.24) is 0 Å². The smallest absolute Gasteiger partial charge is 0.306 e. The first-order chi connectivity index (χ1) is 13.2. The van der Waals surface area contributed by atoms with Gasteiger partial charge in [0.05, 0.1) is 12.0 Å². The van der Waals surface area contributed by atoms with Crippen molar-refractivity contribution in [3.8, 4) is 5.75 Å². The molecule has 4 atom stereocenters. The Balaban J connectivity index is 1.29. The highest BCUT2D eigenvalue weighted by molar-refractivity contribution is 5.73. The molecule has 0 heterocycles. The van der Waals surface area contributed by atoms with Crippen molar-refractivity contribution in [1.29, 1.82) is 0 Å². The highest BCUT2D eigenvalue weighted by Gasteiger charge is 2.42. The first-order valence-corrected chi connectivity index (χ1v) is 10.2. The van der Waals surface area contributed by atoms with Crippen LogP contribution in [0.4, 0.5) is 0 Å². The summed E-state index contributed by atoms with van der Waals surface area (Å²) < 4.78 is 6.18. The number of ether oxygens (including phenoxy) is 1. The third-order valence-corrected chi connectivity index (χ3v) is 6.17. The monoisotopic (exact) mass is 364 g/mol. The van der Waals surface area contributed by atoms with Crippen molar-refractivity contribution < 1.29 is 14.6 Å². The molecule has 2 aliphatic rings. The number of hydrogen-bond donors (Lipinski definition) is 1. The average Bonchev–Trinajstić information content (AvgIpc) is 3.48. The van der Waals surface area contributed by atoms with Gasteiger partial charge in [0.2, 0.25) is 0 Å². The van der Waals surface area contributed by atoms with Crippen LogP contribution in [0.2, 0.25) is 0 Å². The minimum atomic E-state index is -0.625. The molecule has 2 aromatic rings. The Labute approximate surface area is 161 Å². The zero-order chi connectivity index (χ0) is 18.6. The first-order valence-electron chi connectivity index (χ1n) is 10.2. The molecule has 0 unspecified atom stereocenters. The van der Waals surface area contributed by atoms with Crippen molar-refractivity contribution in [2.75, 3.05) is 0 Å². The molecule has 0 bridgehead atoms. The van der Waals surface area contributed by atoms with E-state index < -0.39 is 5.97 Å². The summed E-state index contributed by atoms with van der Waals surface area (Å²) in [6.07, 6.45) is 7.79. The number of carbonyl (C=O) groups is 1. The Morgan fingerprint density at radius 1 is 1.00 bits per heavy atom. The topological polar surface area (TPSA) is 46.5 Å². The molecule has 2 aliphatic carbocycles. The van der Waals surface area contributed by atoms with Crippen molar-refractivity contribution >= 4 is 5.97 Å². The van der Waals surface area contributed by atoms with Gasteiger partial charge in [-0.3, -0.25) is 4.79 Å². The molecular formula is C24H28O3. The molecular weight excluding hydrogens is 336 g/mol. The van der Waals surface area contributed by atoms with Crippen molar-refractivity contribution in [3.63, 3.8) is 0 Å². The number of para-hydroxylation sites is 1. The van der Waals surface area contributed by atoms with Crippen molar-refractivity contribution in [3.05, 3.63) is 65.7 Å². The third kappa shape index (κ3) is 4.71. The normalized spacial score (nSPS) is 27.1. The van der Waals surface area contributed by atoms with Gasteiger partial charge >= 0.3 is 5.97 Å². The molecule has 0 saturated heterocycles. The predicted molar refractivity (Wildman–Crippen MR) is 106 cm³/mol. The molecule has 142 valence electrons. The van der Waals surface area contributed by atoms with E-state index >= 15 is 0 Å². The van der Waals surface area contributed by atoms with E-state index in [9.17, 15) is 4.79 Å². The molecule has 3 heteroatoms. The molecule has 4 rings (SSSR count). The van der Waals surface area contributed by atoms with Crippen LogP contribution in [-0.4, -0.2) is 17.2 Å². The van der Waals surface area contributed by atoms with E-state index in [2.05, 4.69) is 24.3 Å². The highest BCUT2D eigenvalue weighted by Crippen LogP contribution is 2.42. The Morgan fingerprint density at radius 2 is 1.78 bits per heavy atom. The lowest BCUT2D eigenvalue weighted by atomic mass is 9.82. The van der Waals surface area contributed by atoms with E-state index in [0.717, 1.165) is 37.9 Å². The second-order valence-corrected chi connectivity index (χ2v) is 8.14. The maximum absolute atomic E-state index is 10.9. The van der Waals surface area contributed by atoms with Crippen LogP contribution < -0.4 is 4.74 Å². The van der Waals surface area contributed by atoms with Crippen LogP contribution >= 0.6 is 0 Å². The second-order valence-electron chi connectivity index (χ2n) is 8.14. The average molecular weight is 364 g/mol. The van der Waals surface area contributed by atoms with E-state index in [1.54, 1.807) is 0 Å². The minimum Gasteiger partial charge on any atom is -0.490 e. The van der Waals surface area contributed by atoms with Crippen LogP contribution in [0.3, 0.4) is 0 Å². The number of aryl methyl sites for hydroxylation is 1. The molecule has 0 amide bonds. The van der Waals surface area contributed by atoms with Gasteiger partial charge in [-0.05, 0) is 80.0 Å². The van der Waals surface area contributed by atoms with Crippen LogP contribution in [0, 0.1) is 11.8 Å². The van der Waals surface area contributed by atoms with E-state index in [-0.39, 0.29) is 5.92 Å². The van der Waals surface area contributed by atoms with Crippen molar-refractivity contribution in [2.24, 2.45) is 11.8 Å². The summed E-state index contributed by atoms with van der Waals surface area (Å²) >= 11 is 0. The maximum Gasteiger partial charge on any atom is 0.306 e. The van der Waals surface area contributed by atoms with E-state index in [0.29, 0.717) is 17.9 Å². The van der Waals surface area contributed by atoms with E-state index in [4.69, 9.17) is 9.84 Å². The number of aliphatic carboxylic acids is 1. The Hall–Kier alpha value is -2.29. The van der Waals surface area contributed by atoms with Gasteiger partial charge in [-0.25, -0.2) is 0 Å². The van der Waals surface area contributed by atoms with Gasteiger partial charge in [-0.1, -0.05) is 42.5 Å². The highest BCUT2D eigenvalue weighted by atomic mass is 16.5. The zero-order valence-corrected chi connectivity index (χ0v) is 15.7. The van der Waals surface area contributed by atoms with Crippen LogP contribution in [-0.2, 0) is 11.2 Å². The first kappa shape index (κ1) is 18.1. The lowest BCUT2D eigenvalue weighted by Crippen LogP contribution is -2.24. The molecule has 3 nitrogen and oxygen atoms in total. The minimum absolute atomic E-state index is 0.0898. The van der Waals surface area contributed by atoms with Gasteiger partial charge in [0.15, 0.2) is 0 Å². The zero-order valence-electron chi connectivity index (χ0n) is 15.7. The van der Waals surface area contributed by atoms with Crippen LogP contribution in [0.1, 0.15) is 55.6 Å². The maximum atomic E-state index is 10.9. The standard InChI is InChI=1S/C24H28O3/c25-24(26)23-16-20(23)14-11-17-9-12-18(13-10-17)19-5-4-8-22(15-19)27-21-6-2-1-3-7-21/h1-3,6-7,9-10,12-13,19-20,22-23H,4-5,8,11,14-16H2,(H,25,26)/t19-,20+,22+,23+/m0/s1. The summed E-state index contributed by atoms with van der Waals surface area (Å²) in [6, 6.07) is 19.1. The summed E-state index contributed by atoms with van der Waals surface area (Å²) in [4.78, 5) is 10.9. The number of carboxylic acid groups (broad SMARTS) is 1. The number of benzene rings is 2. The van der Waals surface area contributed by atoms with Gasteiger partial charge in [-0.15, -0.1) is 0 Å². The molecule has 0 aliphatic heterocycles. The summed E-state index contributed by atoms with van der Waals surface area (Å²) in [6.45, 7) is 0. The van der Waals surface area contributed by atoms with E-state index in [1.165, 1.54) is 24.0 Å². The summed E-state index contributed by atoms with van der Waals surface area (Å²) in [5, 5.41) is 9.01. The van der Waals surface area contributed by atoms with Crippen LogP contribution in [0.5, 0.6) is 5.75 Å². The molecule has 27 heavy (non-hydrogen) atoms. The quantitative estimate of drug-likeness (QED) is 0.711. The molecule has 1 N–H and O–H groups in total. The van der Waals surface area contributed by atoms with Gasteiger partial charge in [0, 0.05) is 0 Å². The van der Waals surface area contributed by atoms with Gasteiger partial charge in [-0.2, -0.15) is 0 Å². The van der Waals surface area contributed by atoms with Crippen LogP contribution in [0.25, 0.3) is 0 Å². The Bertz CT molecular complexity index is 753. The fourth-order valence-corrected chi connectivity index (χ4v) is 4.42. The largest absolute Gasteiger partial charge is 0.490 e. The third-order valence-electron chi connectivity index (χ3n) is 6.17. The molecule has 2 aromatic carbocycles. The number of rotatable bonds is 7. The second kappa shape index (κ2) is 8.16. The van der Waals surface area contributed by atoms with Crippen molar-refractivity contribution in [2.45, 2.75) is 57.0 Å². The Kier molecular flexibility index (Phi) is 5.47. The van der Waals surface area contributed by atoms with Gasteiger partial charge in [0.1, 0.15) is 5.75 Å². The fourth-order valence-electron chi connectivity index (χ4n) is 4.42. The molecule has 2 saturated carbocycles. The Morgan fingerprint density at radius 3 is 2.48 bits per heavy atom. The summed E-state index contributed by atoms with van der Waals surface area (Å²) in [5.74, 6) is 1.21. The van der Waals surface area contributed by atoms with Gasteiger partial charge in [0.25, 0.3) is 0 Å². The van der Waals surface area contributed by atoms with Gasteiger partial charge < -0.3 is 9.84 Å². The fraction of sp³-hybridized carbons (Fsp3) is 0.458. The summed E-state index contributed by atoms with van der Waals surface area (Å²) in [7, 11) is 0. The van der Waals surface area contributed by atoms with Crippen LogP contribution in [0.15, 0.2) is 54.6 Å². The molecule has 2 fully saturated rings. The number of hydrogen-bond acceptors (Lipinski definition) is 2.